The maximum Gasteiger partial charge on any atom is 0.0766 e. The van der Waals surface area contributed by atoms with Gasteiger partial charge >= 0.3 is 0 Å². The van der Waals surface area contributed by atoms with Gasteiger partial charge in [-0.3, -0.25) is 4.68 Å². The normalized spacial score (nSPS) is 12.7. The van der Waals surface area contributed by atoms with Crippen molar-refractivity contribution in [1.82, 2.24) is 9.78 Å². The second-order valence-electron chi connectivity index (χ2n) is 5.55. The molecule has 2 rings (SSSR count). The number of nitrogens with two attached hydrogens (primary N) is 1. The van der Waals surface area contributed by atoms with E-state index in [0.717, 1.165) is 29.6 Å². The average Bonchev–Trinajstić information content (AvgIpc) is 2.75. The van der Waals surface area contributed by atoms with E-state index in [2.05, 4.69) is 71.6 Å². The largest absolute Gasteiger partial charge is 0.324 e. The van der Waals surface area contributed by atoms with E-state index < -0.39 is 0 Å². The summed E-state index contributed by atoms with van der Waals surface area (Å²) in [5.41, 5.74) is 12.5. The van der Waals surface area contributed by atoms with Gasteiger partial charge in [-0.1, -0.05) is 30.7 Å². The van der Waals surface area contributed by atoms with Gasteiger partial charge in [0.1, 0.15) is 0 Å². The molecule has 1 aromatic heterocycles. The molecule has 1 aromatic carbocycles. The number of nitrogens with zero attached hydrogens (tertiary/aromatic N) is 2. The van der Waals surface area contributed by atoms with E-state index in [0.29, 0.717) is 0 Å². The molecule has 1 atom stereocenters. The number of benzene rings is 1. The lowest BCUT2D eigenvalue weighted by atomic mass is 9.96. The van der Waals surface area contributed by atoms with Gasteiger partial charge in [-0.05, 0) is 54.2 Å². The Morgan fingerprint density at radius 2 is 2.00 bits per heavy atom. The highest BCUT2D eigenvalue weighted by atomic mass is 79.9. The molecular weight excluding hydrogens is 326 g/mol. The van der Waals surface area contributed by atoms with Crippen LogP contribution < -0.4 is 5.73 Å². The molecule has 0 bridgehead atoms. The fraction of sp³-hybridized carbons (Fsp3) is 0.471. The van der Waals surface area contributed by atoms with E-state index in [1.807, 2.05) is 0 Å². The van der Waals surface area contributed by atoms with Gasteiger partial charge in [-0.2, -0.15) is 5.10 Å². The molecule has 3 nitrogen and oxygen atoms in total. The number of hydrogen-bond acceptors (Lipinski definition) is 2. The molecule has 2 aromatic rings. The van der Waals surface area contributed by atoms with Gasteiger partial charge in [0.25, 0.3) is 0 Å². The number of rotatable bonds is 5. The van der Waals surface area contributed by atoms with Crippen molar-refractivity contribution in [2.45, 2.75) is 53.1 Å². The SMILES string of the molecule is CCc1nn(CC)c(CC(N)c2ccc(C)cc2C)c1Br. The summed E-state index contributed by atoms with van der Waals surface area (Å²) in [7, 11) is 0. The molecule has 2 N–H and O–H groups in total. The Kier molecular flexibility index (Phi) is 5.22. The van der Waals surface area contributed by atoms with Crippen LogP contribution in [0.25, 0.3) is 0 Å². The van der Waals surface area contributed by atoms with Crippen LogP contribution in [0, 0.1) is 13.8 Å². The zero-order chi connectivity index (χ0) is 15.6. The van der Waals surface area contributed by atoms with Crippen molar-refractivity contribution in [3.8, 4) is 0 Å². The van der Waals surface area contributed by atoms with Crippen molar-refractivity contribution in [2.24, 2.45) is 5.73 Å². The third kappa shape index (κ3) is 3.38. The maximum atomic E-state index is 6.46. The van der Waals surface area contributed by atoms with E-state index in [9.17, 15) is 0 Å². The minimum absolute atomic E-state index is 0.00592. The van der Waals surface area contributed by atoms with Crippen molar-refractivity contribution < 1.29 is 0 Å². The van der Waals surface area contributed by atoms with Crippen molar-refractivity contribution in [3.63, 3.8) is 0 Å². The molecule has 4 heteroatoms. The zero-order valence-corrected chi connectivity index (χ0v) is 14.9. The summed E-state index contributed by atoms with van der Waals surface area (Å²) in [5.74, 6) is 0. The first-order valence-corrected chi connectivity index (χ1v) is 8.34. The lowest BCUT2D eigenvalue weighted by molar-refractivity contribution is 0.583. The first-order chi connectivity index (χ1) is 9.97. The predicted octanol–water partition coefficient (Wildman–Crippen LogP) is 4.09. The molecular formula is C17H24BrN3. The minimum Gasteiger partial charge on any atom is -0.324 e. The highest BCUT2D eigenvalue weighted by Gasteiger charge is 2.18. The van der Waals surface area contributed by atoms with Gasteiger partial charge in [0.2, 0.25) is 0 Å². The second-order valence-corrected chi connectivity index (χ2v) is 6.34. The first kappa shape index (κ1) is 16.2. The molecule has 114 valence electrons. The van der Waals surface area contributed by atoms with E-state index in [1.54, 1.807) is 0 Å². The van der Waals surface area contributed by atoms with Crippen LogP contribution in [0.1, 0.15) is 48.0 Å². The smallest absolute Gasteiger partial charge is 0.0766 e. The molecule has 1 heterocycles. The summed E-state index contributed by atoms with van der Waals surface area (Å²) in [6.07, 6.45) is 1.73. The van der Waals surface area contributed by atoms with Crippen molar-refractivity contribution in [3.05, 3.63) is 50.8 Å². The Labute approximate surface area is 135 Å². The Hall–Kier alpha value is -1.13. The van der Waals surface area contributed by atoms with Gasteiger partial charge < -0.3 is 5.73 Å². The Balaban J connectivity index is 2.31. The molecule has 1 unspecified atom stereocenters. The van der Waals surface area contributed by atoms with E-state index >= 15 is 0 Å². The van der Waals surface area contributed by atoms with Crippen LogP contribution >= 0.6 is 15.9 Å². The molecule has 0 aliphatic rings. The number of aryl methyl sites for hydroxylation is 4. The van der Waals surface area contributed by atoms with Gasteiger partial charge in [0.15, 0.2) is 0 Å². The fourth-order valence-electron chi connectivity index (χ4n) is 2.77. The van der Waals surface area contributed by atoms with Gasteiger partial charge in [0, 0.05) is 19.0 Å². The number of halogens is 1. The van der Waals surface area contributed by atoms with Crippen LogP contribution in [0.15, 0.2) is 22.7 Å². The van der Waals surface area contributed by atoms with E-state index in [1.165, 1.54) is 22.4 Å². The van der Waals surface area contributed by atoms with Crippen LogP contribution in [-0.4, -0.2) is 9.78 Å². The third-order valence-corrected chi connectivity index (χ3v) is 4.85. The van der Waals surface area contributed by atoms with Gasteiger partial charge in [0.05, 0.1) is 15.9 Å². The number of aromatic nitrogens is 2. The fourth-order valence-corrected chi connectivity index (χ4v) is 3.50. The van der Waals surface area contributed by atoms with Crippen molar-refractivity contribution >= 4 is 15.9 Å². The first-order valence-electron chi connectivity index (χ1n) is 7.54. The standard InChI is InChI=1S/C17H24BrN3/c1-5-15-17(18)16(21(6-2)20-15)10-14(19)13-8-7-11(3)9-12(13)4/h7-9,14H,5-6,10,19H2,1-4H3. The van der Waals surface area contributed by atoms with E-state index in [4.69, 9.17) is 5.73 Å². The molecule has 0 aliphatic carbocycles. The van der Waals surface area contributed by atoms with Crippen LogP contribution in [0.2, 0.25) is 0 Å². The van der Waals surface area contributed by atoms with E-state index in [-0.39, 0.29) is 6.04 Å². The molecule has 0 amide bonds. The topological polar surface area (TPSA) is 43.8 Å². The number of hydrogen-bond donors (Lipinski definition) is 1. The summed E-state index contributed by atoms with van der Waals surface area (Å²) in [6.45, 7) is 9.35. The Bertz CT molecular complexity index is 631. The Morgan fingerprint density at radius 1 is 1.29 bits per heavy atom. The predicted molar refractivity (Wildman–Crippen MR) is 91.5 cm³/mol. The molecule has 0 spiro atoms. The maximum absolute atomic E-state index is 6.46. The van der Waals surface area contributed by atoms with Crippen molar-refractivity contribution in [2.75, 3.05) is 0 Å². The molecule has 0 fully saturated rings. The highest BCUT2D eigenvalue weighted by molar-refractivity contribution is 9.10. The average molecular weight is 350 g/mol. The van der Waals surface area contributed by atoms with Crippen LogP contribution in [0.3, 0.4) is 0 Å². The highest BCUT2D eigenvalue weighted by Crippen LogP contribution is 2.27. The van der Waals surface area contributed by atoms with Crippen LogP contribution in [0.4, 0.5) is 0 Å². The third-order valence-electron chi connectivity index (χ3n) is 3.93. The molecule has 0 aliphatic heterocycles. The molecule has 0 saturated carbocycles. The summed E-state index contributed by atoms with van der Waals surface area (Å²) in [5, 5.41) is 4.64. The van der Waals surface area contributed by atoms with Gasteiger partial charge in [-0.15, -0.1) is 0 Å². The lowest BCUT2D eigenvalue weighted by Gasteiger charge is -2.16. The summed E-state index contributed by atoms with van der Waals surface area (Å²) >= 11 is 3.70. The minimum atomic E-state index is -0.00592. The summed E-state index contributed by atoms with van der Waals surface area (Å²) in [4.78, 5) is 0. The zero-order valence-electron chi connectivity index (χ0n) is 13.3. The summed E-state index contributed by atoms with van der Waals surface area (Å²) < 4.78 is 3.18. The van der Waals surface area contributed by atoms with Gasteiger partial charge in [-0.25, -0.2) is 0 Å². The molecule has 21 heavy (non-hydrogen) atoms. The monoisotopic (exact) mass is 349 g/mol. The quantitative estimate of drug-likeness (QED) is 0.883. The lowest BCUT2D eigenvalue weighted by Crippen LogP contribution is -2.17. The molecule has 0 radical (unpaired) electrons. The Morgan fingerprint density at radius 3 is 2.57 bits per heavy atom. The second kappa shape index (κ2) is 6.75. The summed E-state index contributed by atoms with van der Waals surface area (Å²) in [6, 6.07) is 6.47. The molecule has 0 saturated heterocycles. The van der Waals surface area contributed by atoms with Crippen LogP contribution in [0.5, 0.6) is 0 Å². The van der Waals surface area contributed by atoms with Crippen LogP contribution in [-0.2, 0) is 19.4 Å². The van der Waals surface area contributed by atoms with Crippen molar-refractivity contribution in [1.29, 1.82) is 0 Å².